The molecule has 0 spiro atoms. The average Bonchev–Trinajstić information content (AvgIpc) is 4.17. The number of aromatic amines is 3. The second-order valence-electron chi connectivity index (χ2n) is 16.5. The maximum Gasteiger partial charge on any atom is 0.120 e. The number of hydrogen-bond donors (Lipinski definition) is 3. The number of nitrogens with zero attached hydrogens (tertiary/aromatic N) is 9. The first kappa shape index (κ1) is 31.8. The molecule has 0 atom stereocenters. The molecule has 9 aromatic heterocycles. The summed E-state index contributed by atoms with van der Waals surface area (Å²) >= 11 is 0. The van der Waals surface area contributed by atoms with Crippen LogP contribution in [0.5, 0.6) is 0 Å². The van der Waals surface area contributed by atoms with Crippen LogP contribution in [0.4, 0.5) is 0 Å². The summed E-state index contributed by atoms with van der Waals surface area (Å²) < 4.78 is 0. The van der Waals surface area contributed by atoms with Crippen molar-refractivity contribution in [3.05, 3.63) is 125 Å². The normalized spacial score (nSPS) is 13.5. The Bertz CT molecular complexity index is 4130. The minimum absolute atomic E-state index is 0.565. The van der Waals surface area contributed by atoms with Crippen molar-refractivity contribution < 1.29 is 0 Å². The zero-order valence-corrected chi connectivity index (χ0v) is 32.6. The van der Waals surface area contributed by atoms with Gasteiger partial charge in [-0.15, -0.1) is 0 Å². The quantitative estimate of drug-likeness (QED) is 0.0999. The van der Waals surface area contributed by atoms with Gasteiger partial charge in [-0.25, -0.2) is 44.9 Å². The fourth-order valence-corrected chi connectivity index (χ4v) is 9.93. The van der Waals surface area contributed by atoms with Crippen molar-refractivity contribution in [3.8, 4) is 0 Å². The summed E-state index contributed by atoms with van der Waals surface area (Å²) in [4.78, 5) is 60.1. The number of aromatic nitrogens is 12. The molecule has 3 N–H and O–H groups in total. The van der Waals surface area contributed by atoms with E-state index in [1.807, 2.05) is 36.5 Å². The van der Waals surface area contributed by atoms with E-state index in [-0.39, 0.29) is 0 Å². The Morgan fingerprint density at radius 1 is 0.238 bits per heavy atom. The van der Waals surface area contributed by atoms with Crippen LogP contribution >= 0.6 is 0 Å². The first-order valence-electron chi connectivity index (χ1n) is 20.7. The fourth-order valence-electron chi connectivity index (χ4n) is 9.93. The van der Waals surface area contributed by atoms with E-state index in [1.165, 1.54) is 0 Å². The van der Waals surface area contributed by atoms with E-state index in [9.17, 15) is 0 Å². The van der Waals surface area contributed by atoms with Crippen molar-refractivity contribution in [2.75, 3.05) is 0 Å². The van der Waals surface area contributed by atoms with E-state index >= 15 is 0 Å². The van der Waals surface area contributed by atoms with E-state index in [1.54, 1.807) is 0 Å². The standard InChI is InChI=1S/C51H24N12/c1-13-34-28-7-8-29-36-15-3-24(54-36)20-25-5-17-38(56-25)32-11-12-33-39-18-6-27(57-39)21-26-4-16-37(55-26)31-10-9-30(35-14-2-23(53-35)19-22(1)52-34)42-43(31)61-50-48(60-42)46-47(59-41(29)40(28)58-46)49-51(50)63-45(33)44(32)62-49/h1-21,52,55-56H. The molecule has 12 nitrogen and oxygen atoms in total. The van der Waals surface area contributed by atoms with Gasteiger partial charge in [0.05, 0.1) is 67.3 Å². The fraction of sp³-hybridized carbons (Fsp3) is 0. The van der Waals surface area contributed by atoms with Crippen LogP contribution in [0.25, 0.3) is 168 Å². The van der Waals surface area contributed by atoms with E-state index < -0.39 is 0 Å². The van der Waals surface area contributed by atoms with Crippen LogP contribution in [0.1, 0.15) is 34.2 Å². The highest BCUT2D eigenvalue weighted by Gasteiger charge is 2.24. The van der Waals surface area contributed by atoms with Gasteiger partial charge in [0.15, 0.2) is 0 Å². The second-order valence-corrected chi connectivity index (χ2v) is 16.5. The third-order valence-electron chi connectivity index (χ3n) is 12.9. The van der Waals surface area contributed by atoms with Crippen molar-refractivity contribution in [1.29, 1.82) is 0 Å². The molecule has 0 saturated carbocycles. The van der Waals surface area contributed by atoms with Crippen molar-refractivity contribution in [2.24, 2.45) is 0 Å². The lowest BCUT2D eigenvalue weighted by atomic mass is 10.1. The maximum absolute atomic E-state index is 5.63. The van der Waals surface area contributed by atoms with Crippen molar-refractivity contribution in [3.63, 3.8) is 0 Å². The molecule has 0 unspecified atom stereocenters. The van der Waals surface area contributed by atoms with Crippen molar-refractivity contribution in [1.82, 2.24) is 59.8 Å². The minimum Gasteiger partial charge on any atom is -0.355 e. The zero-order valence-electron chi connectivity index (χ0n) is 32.6. The molecule has 3 aliphatic heterocycles. The highest BCUT2D eigenvalue weighted by atomic mass is 14.9. The summed E-state index contributed by atoms with van der Waals surface area (Å²) in [5, 5.41) is 5.20. The largest absolute Gasteiger partial charge is 0.355 e. The van der Waals surface area contributed by atoms with Crippen LogP contribution in [0.2, 0.25) is 0 Å². The number of rotatable bonds is 0. The van der Waals surface area contributed by atoms with Gasteiger partial charge in [0, 0.05) is 65.4 Å². The molecule has 13 aromatic rings. The number of fused-ring (bicyclic) bond motifs is 18. The van der Waals surface area contributed by atoms with Crippen LogP contribution in [-0.2, 0) is 0 Å². The molecule has 288 valence electrons. The van der Waals surface area contributed by atoms with Gasteiger partial charge in [-0.3, -0.25) is 0 Å². The Morgan fingerprint density at radius 2 is 0.508 bits per heavy atom. The molecule has 0 fully saturated rings. The lowest BCUT2D eigenvalue weighted by Gasteiger charge is -2.13. The molecule has 0 radical (unpaired) electrons. The summed E-state index contributed by atoms with van der Waals surface area (Å²) in [5.41, 5.74) is 17.8. The average molecular weight is 805 g/mol. The van der Waals surface area contributed by atoms with E-state index in [0.29, 0.717) is 66.2 Å². The Labute approximate surface area is 351 Å². The van der Waals surface area contributed by atoms with Gasteiger partial charge in [-0.1, -0.05) is 0 Å². The molecule has 0 aliphatic carbocycles. The van der Waals surface area contributed by atoms with Crippen LogP contribution < -0.4 is 0 Å². The third kappa shape index (κ3) is 4.25. The third-order valence-corrected chi connectivity index (χ3v) is 12.9. The van der Waals surface area contributed by atoms with E-state index in [4.69, 9.17) is 44.9 Å². The topological polar surface area (TPSA) is 163 Å². The highest BCUT2D eigenvalue weighted by molar-refractivity contribution is 6.26. The molecule has 12 heteroatoms. The van der Waals surface area contributed by atoms with Gasteiger partial charge in [-0.2, -0.15) is 0 Å². The lowest BCUT2D eigenvalue weighted by Crippen LogP contribution is -2.00. The molecular formula is C51H24N12. The summed E-state index contributed by atoms with van der Waals surface area (Å²) in [6, 6.07) is 31.2. The van der Waals surface area contributed by atoms with Gasteiger partial charge < -0.3 is 15.0 Å². The van der Waals surface area contributed by atoms with Gasteiger partial charge in [0.1, 0.15) is 33.1 Å². The maximum atomic E-state index is 5.63. The summed E-state index contributed by atoms with van der Waals surface area (Å²) in [6.07, 6.45) is 12.2. The molecule has 24 bridgehead atoms. The first-order chi connectivity index (χ1) is 31.1. The first-order valence-corrected chi connectivity index (χ1v) is 20.7. The van der Waals surface area contributed by atoms with Gasteiger partial charge in [0.2, 0.25) is 0 Å². The van der Waals surface area contributed by atoms with Gasteiger partial charge >= 0.3 is 0 Å². The minimum atomic E-state index is 0.565. The monoisotopic (exact) mass is 804 g/mol. The number of benzene rings is 4. The van der Waals surface area contributed by atoms with Crippen LogP contribution in [0.3, 0.4) is 0 Å². The van der Waals surface area contributed by atoms with Gasteiger partial charge in [0.25, 0.3) is 0 Å². The van der Waals surface area contributed by atoms with Crippen LogP contribution in [0, 0.1) is 0 Å². The van der Waals surface area contributed by atoms with E-state index in [0.717, 1.165) is 99.6 Å². The molecular weight excluding hydrogens is 781 g/mol. The van der Waals surface area contributed by atoms with Crippen LogP contribution in [0.15, 0.2) is 91.0 Å². The predicted octanol–water partition coefficient (Wildman–Crippen LogP) is 11.2. The summed E-state index contributed by atoms with van der Waals surface area (Å²) in [6.45, 7) is 0. The lowest BCUT2D eigenvalue weighted by molar-refractivity contribution is 1.32. The highest BCUT2D eigenvalue weighted by Crippen LogP contribution is 2.40. The summed E-state index contributed by atoms with van der Waals surface area (Å²) in [7, 11) is 0. The summed E-state index contributed by atoms with van der Waals surface area (Å²) in [5.74, 6) is 0. The van der Waals surface area contributed by atoms with Crippen LogP contribution in [-0.4, -0.2) is 59.8 Å². The second kappa shape index (κ2) is 11.0. The Balaban J connectivity index is 1.27. The molecule has 0 amide bonds. The smallest absolute Gasteiger partial charge is 0.120 e. The van der Waals surface area contributed by atoms with E-state index in [2.05, 4.69) is 106 Å². The van der Waals surface area contributed by atoms with Crippen molar-refractivity contribution in [2.45, 2.75) is 0 Å². The molecule has 4 aromatic carbocycles. The number of H-pyrrole nitrogens is 3. The Morgan fingerprint density at radius 3 is 0.810 bits per heavy atom. The van der Waals surface area contributed by atoms with Gasteiger partial charge in [-0.05, 0) is 127 Å². The molecule has 3 aliphatic rings. The molecule has 16 rings (SSSR count). The zero-order chi connectivity index (χ0) is 40.7. The number of hydrogen-bond acceptors (Lipinski definition) is 9. The molecule has 0 saturated heterocycles. The predicted molar refractivity (Wildman–Crippen MR) is 253 cm³/mol. The molecule has 12 heterocycles. The SMILES string of the molecule is C1=Cc2nc1cc1ccc([nH]1)c1ccc3c4nc(cc5ccc([nH]5)c5ccc6c7nc(cc8ccc([nH]8)c8ccc2c2nc9c(nc82)c2nc6c5nc2c2nc3c1nc92)C=C7)C=C4. The Hall–Kier alpha value is -9.03. The number of nitrogens with one attached hydrogen (secondary N) is 3. The Kier molecular flexibility index (Phi) is 5.57. The van der Waals surface area contributed by atoms with Crippen molar-refractivity contribution >= 4 is 168 Å². The molecule has 63 heavy (non-hydrogen) atoms.